The number of ether oxygens (including phenoxy) is 1. The summed E-state index contributed by atoms with van der Waals surface area (Å²) in [6, 6.07) is 10.9. The summed E-state index contributed by atoms with van der Waals surface area (Å²) in [4.78, 5) is 4.74. The molecule has 0 spiro atoms. The highest BCUT2D eigenvalue weighted by atomic mass is 32.2. The Morgan fingerprint density at radius 2 is 2.30 bits per heavy atom. The Labute approximate surface area is 124 Å². The van der Waals surface area contributed by atoms with Crippen molar-refractivity contribution >= 4 is 22.7 Å². The SMILES string of the molecule is COc1cccc2ccc(CNC3CCCSC3)nc12. The summed E-state index contributed by atoms with van der Waals surface area (Å²) in [5.74, 6) is 3.37. The number of rotatable bonds is 4. The van der Waals surface area contributed by atoms with Gasteiger partial charge < -0.3 is 10.1 Å². The van der Waals surface area contributed by atoms with E-state index in [1.807, 2.05) is 23.9 Å². The maximum Gasteiger partial charge on any atom is 0.145 e. The lowest BCUT2D eigenvalue weighted by atomic mass is 10.1. The van der Waals surface area contributed by atoms with Gasteiger partial charge >= 0.3 is 0 Å². The third-order valence-electron chi connectivity index (χ3n) is 3.69. The van der Waals surface area contributed by atoms with Crippen LogP contribution in [0.2, 0.25) is 0 Å². The third-order valence-corrected chi connectivity index (χ3v) is 4.91. The molecule has 1 fully saturated rings. The number of hydrogen-bond donors (Lipinski definition) is 1. The second-order valence-electron chi connectivity index (χ2n) is 5.13. The molecule has 0 saturated carbocycles. The molecule has 0 radical (unpaired) electrons. The maximum atomic E-state index is 5.39. The second kappa shape index (κ2) is 6.46. The van der Waals surface area contributed by atoms with Crippen molar-refractivity contribution in [3.8, 4) is 5.75 Å². The Morgan fingerprint density at radius 3 is 3.10 bits per heavy atom. The van der Waals surface area contributed by atoms with E-state index in [-0.39, 0.29) is 0 Å². The minimum absolute atomic E-state index is 0.629. The average Bonchev–Trinajstić information content (AvgIpc) is 2.53. The Hall–Kier alpha value is -1.26. The van der Waals surface area contributed by atoms with E-state index in [4.69, 9.17) is 9.72 Å². The fraction of sp³-hybridized carbons (Fsp3) is 0.438. The zero-order chi connectivity index (χ0) is 13.8. The lowest BCUT2D eigenvalue weighted by Crippen LogP contribution is -2.33. The van der Waals surface area contributed by atoms with E-state index in [9.17, 15) is 0 Å². The molecule has 2 heterocycles. The molecule has 2 aromatic rings. The highest BCUT2D eigenvalue weighted by Crippen LogP contribution is 2.23. The van der Waals surface area contributed by atoms with Crippen LogP contribution in [-0.2, 0) is 6.54 Å². The van der Waals surface area contributed by atoms with Crippen LogP contribution in [0.5, 0.6) is 5.75 Å². The standard InChI is InChI=1S/C16H20N2OS/c1-19-15-6-2-4-12-7-8-13(18-16(12)15)10-17-14-5-3-9-20-11-14/h2,4,6-8,14,17H,3,5,9-11H2,1H3. The highest BCUT2D eigenvalue weighted by molar-refractivity contribution is 7.99. The molecular weight excluding hydrogens is 268 g/mol. The van der Waals surface area contributed by atoms with Gasteiger partial charge in [-0.25, -0.2) is 4.98 Å². The summed E-state index contributed by atoms with van der Waals surface area (Å²) in [7, 11) is 1.70. The van der Waals surface area contributed by atoms with Crippen LogP contribution in [0.15, 0.2) is 30.3 Å². The average molecular weight is 288 g/mol. The molecule has 1 unspecified atom stereocenters. The smallest absolute Gasteiger partial charge is 0.145 e. The van der Waals surface area contributed by atoms with Gasteiger partial charge in [0.25, 0.3) is 0 Å². The van der Waals surface area contributed by atoms with E-state index in [1.165, 1.54) is 24.3 Å². The first-order chi connectivity index (χ1) is 9.86. The number of methoxy groups -OCH3 is 1. The van der Waals surface area contributed by atoms with Gasteiger partial charge in [0.1, 0.15) is 11.3 Å². The van der Waals surface area contributed by atoms with E-state index in [0.29, 0.717) is 6.04 Å². The molecule has 1 N–H and O–H groups in total. The molecule has 1 aromatic carbocycles. The van der Waals surface area contributed by atoms with Gasteiger partial charge in [0.05, 0.1) is 12.8 Å². The number of aromatic nitrogens is 1. The number of para-hydroxylation sites is 1. The van der Waals surface area contributed by atoms with Crippen molar-refractivity contribution in [2.24, 2.45) is 0 Å². The van der Waals surface area contributed by atoms with Gasteiger partial charge in [0.2, 0.25) is 0 Å². The van der Waals surface area contributed by atoms with Gasteiger partial charge in [-0.1, -0.05) is 18.2 Å². The highest BCUT2D eigenvalue weighted by Gasteiger charge is 2.13. The minimum Gasteiger partial charge on any atom is -0.494 e. The molecule has 1 aliphatic rings. The number of benzene rings is 1. The first-order valence-electron chi connectivity index (χ1n) is 7.10. The van der Waals surface area contributed by atoms with E-state index in [0.717, 1.165) is 28.9 Å². The van der Waals surface area contributed by atoms with Crippen LogP contribution in [0.3, 0.4) is 0 Å². The van der Waals surface area contributed by atoms with Crippen molar-refractivity contribution in [2.75, 3.05) is 18.6 Å². The van der Waals surface area contributed by atoms with Crippen molar-refractivity contribution in [2.45, 2.75) is 25.4 Å². The van der Waals surface area contributed by atoms with Crippen molar-refractivity contribution in [1.82, 2.24) is 10.3 Å². The number of nitrogens with zero attached hydrogens (tertiary/aromatic N) is 1. The zero-order valence-electron chi connectivity index (χ0n) is 11.8. The van der Waals surface area contributed by atoms with E-state index in [1.54, 1.807) is 7.11 Å². The number of fused-ring (bicyclic) bond motifs is 1. The first kappa shape index (κ1) is 13.7. The molecule has 1 saturated heterocycles. The van der Waals surface area contributed by atoms with Gasteiger partial charge in [0.15, 0.2) is 0 Å². The monoisotopic (exact) mass is 288 g/mol. The van der Waals surface area contributed by atoms with Crippen molar-refractivity contribution in [3.05, 3.63) is 36.0 Å². The van der Waals surface area contributed by atoms with Crippen LogP contribution in [0.4, 0.5) is 0 Å². The lowest BCUT2D eigenvalue weighted by molar-refractivity contribution is 0.418. The fourth-order valence-corrected chi connectivity index (χ4v) is 3.68. The number of nitrogens with one attached hydrogen (secondary N) is 1. The molecule has 0 aliphatic carbocycles. The summed E-state index contributed by atoms with van der Waals surface area (Å²) in [6.45, 7) is 0.833. The molecule has 20 heavy (non-hydrogen) atoms. The molecule has 1 atom stereocenters. The second-order valence-corrected chi connectivity index (χ2v) is 6.28. The molecule has 106 valence electrons. The van der Waals surface area contributed by atoms with Crippen molar-refractivity contribution in [1.29, 1.82) is 0 Å². The third kappa shape index (κ3) is 3.07. The van der Waals surface area contributed by atoms with Crippen LogP contribution in [0.1, 0.15) is 18.5 Å². The van der Waals surface area contributed by atoms with E-state index < -0.39 is 0 Å². The Morgan fingerprint density at radius 1 is 1.35 bits per heavy atom. The Balaban J connectivity index is 1.74. The minimum atomic E-state index is 0.629. The summed E-state index contributed by atoms with van der Waals surface area (Å²) < 4.78 is 5.39. The summed E-state index contributed by atoms with van der Waals surface area (Å²) in [5, 5.41) is 4.74. The van der Waals surface area contributed by atoms with E-state index >= 15 is 0 Å². The predicted octanol–water partition coefficient (Wildman–Crippen LogP) is 3.23. The predicted molar refractivity (Wildman–Crippen MR) is 85.5 cm³/mol. The zero-order valence-corrected chi connectivity index (χ0v) is 12.6. The molecule has 4 heteroatoms. The van der Waals surface area contributed by atoms with Crippen molar-refractivity contribution < 1.29 is 4.74 Å². The van der Waals surface area contributed by atoms with E-state index in [2.05, 4.69) is 23.5 Å². The van der Waals surface area contributed by atoms with Crippen LogP contribution < -0.4 is 10.1 Å². The maximum absolute atomic E-state index is 5.39. The molecule has 3 nitrogen and oxygen atoms in total. The van der Waals surface area contributed by atoms with Crippen LogP contribution >= 0.6 is 11.8 Å². The molecule has 3 rings (SSSR count). The molecular formula is C16H20N2OS. The van der Waals surface area contributed by atoms with Crippen LogP contribution in [0.25, 0.3) is 10.9 Å². The summed E-state index contributed by atoms with van der Waals surface area (Å²) in [5.41, 5.74) is 2.03. The normalized spacial score (nSPS) is 19.1. The number of thioether (sulfide) groups is 1. The molecule has 0 amide bonds. The fourth-order valence-electron chi connectivity index (χ4n) is 2.57. The van der Waals surface area contributed by atoms with Gasteiger partial charge in [-0.15, -0.1) is 0 Å². The molecule has 1 aliphatic heterocycles. The number of hydrogen-bond acceptors (Lipinski definition) is 4. The van der Waals surface area contributed by atoms with Gasteiger partial charge in [-0.2, -0.15) is 11.8 Å². The topological polar surface area (TPSA) is 34.1 Å². The first-order valence-corrected chi connectivity index (χ1v) is 8.26. The molecule has 0 bridgehead atoms. The lowest BCUT2D eigenvalue weighted by Gasteiger charge is -2.22. The van der Waals surface area contributed by atoms with Gasteiger partial charge in [-0.05, 0) is 30.7 Å². The van der Waals surface area contributed by atoms with Crippen molar-refractivity contribution in [3.63, 3.8) is 0 Å². The van der Waals surface area contributed by atoms with Crippen LogP contribution in [-0.4, -0.2) is 29.6 Å². The molecule has 1 aromatic heterocycles. The van der Waals surface area contributed by atoms with Crippen LogP contribution in [0, 0.1) is 0 Å². The number of pyridine rings is 1. The van der Waals surface area contributed by atoms with Gasteiger partial charge in [0, 0.05) is 23.7 Å². The quantitative estimate of drug-likeness (QED) is 0.936. The Bertz CT molecular complexity index is 582. The largest absolute Gasteiger partial charge is 0.494 e. The summed E-state index contributed by atoms with van der Waals surface area (Å²) >= 11 is 2.04. The Kier molecular flexibility index (Phi) is 4.43. The summed E-state index contributed by atoms with van der Waals surface area (Å²) in [6.07, 6.45) is 2.60. The van der Waals surface area contributed by atoms with Gasteiger partial charge in [-0.3, -0.25) is 0 Å².